The monoisotopic (exact) mass is 192 g/mol. The molecule has 1 fully saturated rings. The predicted molar refractivity (Wildman–Crippen MR) is 54.8 cm³/mol. The maximum absolute atomic E-state index is 11.4. The van der Waals surface area contributed by atoms with Crippen LogP contribution in [-0.4, -0.2) is 16.5 Å². The van der Waals surface area contributed by atoms with Gasteiger partial charge >= 0.3 is 0 Å². The van der Waals surface area contributed by atoms with Crippen LogP contribution in [0.1, 0.15) is 32.1 Å². The molecule has 2 nitrogen and oxygen atoms in total. The second kappa shape index (κ2) is 3.70. The smallest absolute Gasteiger partial charge is 0.136 e. The molecule has 2 heteroatoms. The molecule has 2 aliphatic carbocycles. The van der Waals surface area contributed by atoms with Gasteiger partial charge in [-0.1, -0.05) is 24.3 Å². The van der Waals surface area contributed by atoms with Crippen LogP contribution in [0.25, 0.3) is 0 Å². The Kier molecular flexibility index (Phi) is 2.55. The van der Waals surface area contributed by atoms with E-state index in [9.17, 15) is 9.90 Å². The maximum Gasteiger partial charge on any atom is 0.136 e. The van der Waals surface area contributed by atoms with Gasteiger partial charge in [-0.2, -0.15) is 0 Å². The fourth-order valence-corrected chi connectivity index (χ4v) is 2.34. The summed E-state index contributed by atoms with van der Waals surface area (Å²) >= 11 is 0. The van der Waals surface area contributed by atoms with Gasteiger partial charge in [0.25, 0.3) is 0 Å². The summed E-state index contributed by atoms with van der Waals surface area (Å²) in [7, 11) is 0. The lowest BCUT2D eigenvalue weighted by molar-refractivity contribution is -0.122. The average Bonchev–Trinajstić information content (AvgIpc) is 2.52. The van der Waals surface area contributed by atoms with Crippen molar-refractivity contribution >= 4 is 5.78 Å². The van der Waals surface area contributed by atoms with Gasteiger partial charge in [-0.15, -0.1) is 0 Å². The van der Waals surface area contributed by atoms with Crippen molar-refractivity contribution in [3.63, 3.8) is 0 Å². The Bertz CT molecular complexity index is 291. The highest BCUT2D eigenvalue weighted by Crippen LogP contribution is 2.32. The number of allylic oxidation sites excluding steroid dienone is 2. The summed E-state index contributed by atoms with van der Waals surface area (Å²) in [6, 6.07) is 0. The molecule has 0 aromatic rings. The zero-order chi connectivity index (χ0) is 10.0. The first kappa shape index (κ1) is 9.66. The fourth-order valence-electron chi connectivity index (χ4n) is 2.34. The molecular formula is C12H16O2. The molecule has 1 N–H and O–H groups in total. The van der Waals surface area contributed by atoms with Gasteiger partial charge in [0.15, 0.2) is 0 Å². The van der Waals surface area contributed by atoms with Gasteiger partial charge in [0, 0.05) is 12.3 Å². The minimum Gasteiger partial charge on any atom is -0.385 e. The molecule has 0 bridgehead atoms. The van der Waals surface area contributed by atoms with Crippen LogP contribution >= 0.6 is 0 Å². The van der Waals surface area contributed by atoms with Gasteiger partial charge < -0.3 is 5.11 Å². The Morgan fingerprint density at radius 3 is 2.93 bits per heavy atom. The molecule has 2 unspecified atom stereocenters. The third kappa shape index (κ3) is 1.95. The van der Waals surface area contributed by atoms with Crippen LogP contribution in [-0.2, 0) is 4.79 Å². The van der Waals surface area contributed by atoms with Crippen molar-refractivity contribution in [2.45, 2.75) is 37.7 Å². The van der Waals surface area contributed by atoms with Crippen LogP contribution in [0.5, 0.6) is 0 Å². The molecule has 0 radical (unpaired) electrons. The van der Waals surface area contributed by atoms with E-state index in [2.05, 4.69) is 0 Å². The normalized spacial score (nSPS) is 36.6. The molecule has 0 aromatic heterocycles. The van der Waals surface area contributed by atoms with Gasteiger partial charge in [-0.05, 0) is 25.7 Å². The van der Waals surface area contributed by atoms with E-state index < -0.39 is 5.60 Å². The summed E-state index contributed by atoms with van der Waals surface area (Å²) in [6.07, 6.45) is 11.5. The predicted octanol–water partition coefficient (Wildman–Crippen LogP) is 1.99. The van der Waals surface area contributed by atoms with Crippen LogP contribution in [0, 0.1) is 5.92 Å². The SMILES string of the molecule is O=C1CCCC1CC1(O)C=CC=CC1. The molecule has 0 saturated heterocycles. The van der Waals surface area contributed by atoms with E-state index in [-0.39, 0.29) is 5.92 Å². The number of carbonyl (C=O) groups is 1. The average molecular weight is 192 g/mol. The van der Waals surface area contributed by atoms with Crippen molar-refractivity contribution in [3.8, 4) is 0 Å². The van der Waals surface area contributed by atoms with Crippen molar-refractivity contribution in [2.75, 3.05) is 0 Å². The number of rotatable bonds is 2. The van der Waals surface area contributed by atoms with Gasteiger partial charge in [0.1, 0.15) is 5.78 Å². The maximum atomic E-state index is 11.4. The third-order valence-electron chi connectivity index (χ3n) is 3.16. The van der Waals surface area contributed by atoms with Crippen molar-refractivity contribution < 1.29 is 9.90 Å². The second-order valence-electron chi connectivity index (χ2n) is 4.35. The molecule has 2 aliphatic rings. The Labute approximate surface area is 84.3 Å². The summed E-state index contributed by atoms with van der Waals surface area (Å²) in [6.45, 7) is 0. The molecule has 2 rings (SSSR count). The molecule has 14 heavy (non-hydrogen) atoms. The molecule has 76 valence electrons. The summed E-state index contributed by atoms with van der Waals surface area (Å²) in [5, 5.41) is 10.2. The van der Waals surface area contributed by atoms with Crippen molar-refractivity contribution in [1.29, 1.82) is 0 Å². The zero-order valence-electron chi connectivity index (χ0n) is 8.28. The summed E-state index contributed by atoms with van der Waals surface area (Å²) in [5.41, 5.74) is -0.764. The largest absolute Gasteiger partial charge is 0.385 e. The quantitative estimate of drug-likeness (QED) is 0.726. The van der Waals surface area contributed by atoms with Gasteiger partial charge in [0.05, 0.1) is 5.60 Å². The van der Waals surface area contributed by atoms with E-state index in [0.29, 0.717) is 25.0 Å². The summed E-state index contributed by atoms with van der Waals surface area (Å²) in [4.78, 5) is 11.4. The Balaban J connectivity index is 1.99. The Morgan fingerprint density at radius 1 is 1.50 bits per heavy atom. The number of carbonyl (C=O) groups excluding carboxylic acids is 1. The highest BCUT2D eigenvalue weighted by atomic mass is 16.3. The van der Waals surface area contributed by atoms with Crippen LogP contribution < -0.4 is 0 Å². The highest BCUT2D eigenvalue weighted by Gasteiger charge is 2.33. The molecule has 0 spiro atoms. The molecular weight excluding hydrogens is 176 g/mol. The van der Waals surface area contributed by atoms with Crippen LogP contribution in [0.2, 0.25) is 0 Å². The first-order chi connectivity index (χ1) is 6.70. The van der Waals surface area contributed by atoms with E-state index >= 15 is 0 Å². The minimum absolute atomic E-state index is 0.0937. The van der Waals surface area contributed by atoms with E-state index in [1.165, 1.54) is 0 Å². The van der Waals surface area contributed by atoms with E-state index in [4.69, 9.17) is 0 Å². The molecule has 2 atom stereocenters. The van der Waals surface area contributed by atoms with Crippen LogP contribution in [0.15, 0.2) is 24.3 Å². The lowest BCUT2D eigenvalue weighted by Gasteiger charge is -2.27. The molecule has 0 aliphatic heterocycles. The number of ketones is 1. The second-order valence-corrected chi connectivity index (χ2v) is 4.35. The minimum atomic E-state index is -0.764. The van der Waals surface area contributed by atoms with Gasteiger partial charge in [-0.3, -0.25) is 4.79 Å². The lowest BCUT2D eigenvalue weighted by Crippen LogP contribution is -2.30. The van der Waals surface area contributed by atoms with Crippen molar-refractivity contribution in [1.82, 2.24) is 0 Å². The molecule has 1 saturated carbocycles. The van der Waals surface area contributed by atoms with Crippen LogP contribution in [0.3, 0.4) is 0 Å². The number of Topliss-reactive ketones (excluding diaryl/α,β-unsaturated/α-hetero) is 1. The molecule has 0 aromatic carbocycles. The third-order valence-corrected chi connectivity index (χ3v) is 3.16. The van der Waals surface area contributed by atoms with Crippen molar-refractivity contribution in [3.05, 3.63) is 24.3 Å². The summed E-state index contributed by atoms with van der Waals surface area (Å²) in [5.74, 6) is 0.428. The molecule has 0 amide bonds. The van der Waals surface area contributed by atoms with E-state index in [0.717, 1.165) is 12.8 Å². The van der Waals surface area contributed by atoms with E-state index in [1.807, 2.05) is 24.3 Å². The Morgan fingerprint density at radius 2 is 2.36 bits per heavy atom. The van der Waals surface area contributed by atoms with E-state index in [1.54, 1.807) is 0 Å². The number of aliphatic hydroxyl groups is 1. The lowest BCUT2D eigenvalue weighted by atomic mass is 9.84. The highest BCUT2D eigenvalue weighted by molar-refractivity contribution is 5.82. The summed E-state index contributed by atoms with van der Waals surface area (Å²) < 4.78 is 0. The molecule has 0 heterocycles. The van der Waals surface area contributed by atoms with Crippen LogP contribution in [0.4, 0.5) is 0 Å². The van der Waals surface area contributed by atoms with Crippen molar-refractivity contribution in [2.24, 2.45) is 5.92 Å². The van der Waals surface area contributed by atoms with Gasteiger partial charge in [0.2, 0.25) is 0 Å². The standard InChI is InChI=1S/C12H16O2/c13-11-6-4-5-10(11)9-12(14)7-2-1-3-8-12/h1-3,7,10,14H,4-6,8-9H2. The number of hydrogen-bond acceptors (Lipinski definition) is 2. The Hall–Kier alpha value is -0.890. The fraction of sp³-hybridized carbons (Fsp3) is 0.583. The first-order valence-corrected chi connectivity index (χ1v) is 5.29. The first-order valence-electron chi connectivity index (χ1n) is 5.29. The zero-order valence-corrected chi connectivity index (χ0v) is 8.28. The number of hydrogen-bond donors (Lipinski definition) is 1. The topological polar surface area (TPSA) is 37.3 Å². The van der Waals surface area contributed by atoms with Gasteiger partial charge in [-0.25, -0.2) is 0 Å².